The van der Waals surface area contributed by atoms with Crippen molar-refractivity contribution >= 4 is 21.6 Å². The van der Waals surface area contributed by atoms with E-state index in [0.29, 0.717) is 10.4 Å². The van der Waals surface area contributed by atoms with Crippen LogP contribution in [0.1, 0.15) is 12.0 Å². The molecule has 26 heavy (non-hydrogen) atoms. The molecule has 0 aliphatic rings. The molecule has 140 valence electrons. The van der Waals surface area contributed by atoms with E-state index in [1.165, 1.54) is 18.2 Å². The van der Waals surface area contributed by atoms with Gasteiger partial charge in [-0.1, -0.05) is 18.2 Å². The second kappa shape index (κ2) is 8.22. The number of sulfonamides is 1. The monoisotopic (exact) mass is 386 g/mol. The van der Waals surface area contributed by atoms with Gasteiger partial charge in [0.2, 0.25) is 15.9 Å². The SMILES string of the molecule is CS(=O)(=O)N(CCC(=O)NCc1ccccc1F)c1ccc(F)cc1F. The number of amides is 1. The van der Waals surface area contributed by atoms with Gasteiger partial charge in [-0.3, -0.25) is 9.10 Å². The van der Waals surface area contributed by atoms with E-state index in [9.17, 15) is 26.4 Å². The molecule has 5 nitrogen and oxygen atoms in total. The van der Waals surface area contributed by atoms with Crippen LogP contribution in [0.15, 0.2) is 42.5 Å². The van der Waals surface area contributed by atoms with Gasteiger partial charge in [0.05, 0.1) is 11.9 Å². The first kappa shape index (κ1) is 19.8. The van der Waals surface area contributed by atoms with Gasteiger partial charge in [0.15, 0.2) is 0 Å². The minimum atomic E-state index is -3.89. The third-order valence-electron chi connectivity index (χ3n) is 3.55. The molecular weight excluding hydrogens is 369 g/mol. The molecule has 2 aromatic carbocycles. The van der Waals surface area contributed by atoms with Crippen LogP contribution in [-0.4, -0.2) is 27.1 Å². The lowest BCUT2D eigenvalue weighted by atomic mass is 10.2. The van der Waals surface area contributed by atoms with Gasteiger partial charge in [0.1, 0.15) is 17.5 Å². The average molecular weight is 386 g/mol. The number of carbonyl (C=O) groups excluding carboxylic acids is 1. The van der Waals surface area contributed by atoms with Crippen LogP contribution in [0, 0.1) is 17.5 Å². The molecule has 0 aliphatic carbocycles. The fourth-order valence-electron chi connectivity index (χ4n) is 2.28. The maximum atomic E-state index is 13.9. The lowest BCUT2D eigenvalue weighted by Crippen LogP contribution is -2.35. The van der Waals surface area contributed by atoms with Crippen LogP contribution >= 0.6 is 0 Å². The van der Waals surface area contributed by atoms with Gasteiger partial charge in [0.25, 0.3) is 0 Å². The zero-order valence-corrected chi connectivity index (χ0v) is 14.7. The molecule has 0 fully saturated rings. The topological polar surface area (TPSA) is 66.5 Å². The second-order valence-corrected chi connectivity index (χ2v) is 7.46. The van der Waals surface area contributed by atoms with Crippen molar-refractivity contribution in [2.75, 3.05) is 17.1 Å². The number of nitrogens with zero attached hydrogens (tertiary/aromatic N) is 1. The van der Waals surface area contributed by atoms with Crippen molar-refractivity contribution in [1.29, 1.82) is 0 Å². The van der Waals surface area contributed by atoms with E-state index in [1.807, 2.05) is 0 Å². The summed E-state index contributed by atoms with van der Waals surface area (Å²) in [5.74, 6) is -2.91. The lowest BCUT2D eigenvalue weighted by molar-refractivity contribution is -0.121. The van der Waals surface area contributed by atoms with Crippen LogP contribution in [0.4, 0.5) is 18.9 Å². The van der Waals surface area contributed by atoms with Crippen molar-refractivity contribution in [3.63, 3.8) is 0 Å². The summed E-state index contributed by atoms with van der Waals surface area (Å²) in [6.45, 7) is -0.403. The Morgan fingerprint density at radius 2 is 1.77 bits per heavy atom. The Morgan fingerprint density at radius 1 is 1.08 bits per heavy atom. The van der Waals surface area contributed by atoms with Crippen LogP contribution in [0.25, 0.3) is 0 Å². The fourth-order valence-corrected chi connectivity index (χ4v) is 3.20. The normalized spacial score (nSPS) is 11.2. The van der Waals surface area contributed by atoms with Crippen LogP contribution in [0.3, 0.4) is 0 Å². The molecule has 0 aromatic heterocycles. The Kier molecular flexibility index (Phi) is 6.25. The Bertz CT molecular complexity index is 904. The predicted octanol–water partition coefficient (Wildman–Crippen LogP) is 2.58. The summed E-state index contributed by atoms with van der Waals surface area (Å²) in [5, 5.41) is 2.47. The molecule has 0 radical (unpaired) electrons. The van der Waals surface area contributed by atoms with Crippen molar-refractivity contribution in [2.24, 2.45) is 0 Å². The maximum Gasteiger partial charge on any atom is 0.232 e. The Balaban J connectivity index is 2.03. The summed E-state index contributed by atoms with van der Waals surface area (Å²) in [6, 6.07) is 8.37. The third-order valence-corrected chi connectivity index (χ3v) is 4.73. The Labute approximate surface area is 149 Å². The number of anilines is 1. The van der Waals surface area contributed by atoms with Gasteiger partial charge < -0.3 is 5.32 Å². The number of halogens is 3. The highest BCUT2D eigenvalue weighted by molar-refractivity contribution is 7.92. The van der Waals surface area contributed by atoms with Crippen molar-refractivity contribution in [3.8, 4) is 0 Å². The summed E-state index contributed by atoms with van der Waals surface area (Å²) in [6.07, 6.45) is 0.575. The van der Waals surface area contributed by atoms with E-state index in [4.69, 9.17) is 0 Å². The highest BCUT2D eigenvalue weighted by Crippen LogP contribution is 2.22. The summed E-state index contributed by atoms with van der Waals surface area (Å²) >= 11 is 0. The molecule has 0 spiro atoms. The van der Waals surface area contributed by atoms with Crippen molar-refractivity contribution < 1.29 is 26.4 Å². The number of rotatable bonds is 7. The van der Waals surface area contributed by atoms with Crippen LogP contribution in [0.5, 0.6) is 0 Å². The van der Waals surface area contributed by atoms with E-state index in [-0.39, 0.29) is 30.8 Å². The van der Waals surface area contributed by atoms with Gasteiger partial charge >= 0.3 is 0 Å². The molecule has 0 unspecified atom stereocenters. The number of hydrogen-bond acceptors (Lipinski definition) is 3. The van der Waals surface area contributed by atoms with Gasteiger partial charge in [-0.15, -0.1) is 0 Å². The molecule has 2 aromatic rings. The smallest absolute Gasteiger partial charge is 0.232 e. The molecule has 9 heteroatoms. The van der Waals surface area contributed by atoms with Gasteiger partial charge in [0, 0.05) is 31.1 Å². The fraction of sp³-hybridized carbons (Fsp3) is 0.235. The third kappa shape index (κ3) is 5.22. The Morgan fingerprint density at radius 3 is 2.38 bits per heavy atom. The van der Waals surface area contributed by atoms with E-state index >= 15 is 0 Å². The van der Waals surface area contributed by atoms with E-state index in [2.05, 4.69) is 5.32 Å². The first-order valence-electron chi connectivity index (χ1n) is 7.61. The predicted molar refractivity (Wildman–Crippen MR) is 91.4 cm³/mol. The molecule has 1 amide bonds. The first-order chi connectivity index (χ1) is 12.2. The lowest BCUT2D eigenvalue weighted by Gasteiger charge is -2.22. The highest BCUT2D eigenvalue weighted by Gasteiger charge is 2.22. The number of carbonyl (C=O) groups is 1. The van der Waals surface area contributed by atoms with E-state index < -0.39 is 33.4 Å². The van der Waals surface area contributed by atoms with E-state index in [1.54, 1.807) is 6.07 Å². The molecule has 0 aliphatic heterocycles. The zero-order valence-electron chi connectivity index (χ0n) is 13.9. The molecule has 2 rings (SSSR count). The van der Waals surface area contributed by atoms with Gasteiger partial charge in [-0.05, 0) is 18.2 Å². The number of nitrogens with one attached hydrogen (secondary N) is 1. The maximum absolute atomic E-state index is 13.9. The summed E-state index contributed by atoms with van der Waals surface area (Å²) in [5.41, 5.74) is -0.0683. The summed E-state index contributed by atoms with van der Waals surface area (Å²) in [7, 11) is -3.89. The van der Waals surface area contributed by atoms with Crippen LogP contribution < -0.4 is 9.62 Å². The minimum Gasteiger partial charge on any atom is -0.352 e. The van der Waals surface area contributed by atoms with Crippen LogP contribution in [0.2, 0.25) is 0 Å². The highest BCUT2D eigenvalue weighted by atomic mass is 32.2. The molecule has 0 saturated heterocycles. The number of benzene rings is 2. The molecular formula is C17H17F3N2O3S. The second-order valence-electron chi connectivity index (χ2n) is 5.55. The quantitative estimate of drug-likeness (QED) is 0.795. The molecule has 0 heterocycles. The number of hydrogen-bond donors (Lipinski definition) is 1. The van der Waals surface area contributed by atoms with Crippen molar-refractivity contribution in [2.45, 2.75) is 13.0 Å². The zero-order chi connectivity index (χ0) is 19.3. The average Bonchev–Trinajstić information content (AvgIpc) is 2.55. The van der Waals surface area contributed by atoms with Crippen molar-refractivity contribution in [3.05, 3.63) is 65.5 Å². The van der Waals surface area contributed by atoms with Crippen molar-refractivity contribution in [1.82, 2.24) is 5.32 Å². The minimum absolute atomic E-state index is 0.0602. The molecule has 0 saturated carbocycles. The standard InChI is InChI=1S/C17H17F3N2O3S/c1-26(24,25)22(16-7-6-13(18)10-15(16)20)9-8-17(23)21-11-12-4-2-3-5-14(12)19/h2-7,10H,8-9,11H2,1H3,(H,21,23). The first-order valence-corrected chi connectivity index (χ1v) is 9.46. The van der Waals surface area contributed by atoms with Gasteiger partial charge in [-0.25, -0.2) is 21.6 Å². The summed E-state index contributed by atoms with van der Waals surface area (Å²) < 4.78 is 64.9. The molecule has 0 atom stereocenters. The summed E-state index contributed by atoms with van der Waals surface area (Å²) in [4.78, 5) is 11.9. The largest absolute Gasteiger partial charge is 0.352 e. The van der Waals surface area contributed by atoms with E-state index in [0.717, 1.165) is 18.4 Å². The van der Waals surface area contributed by atoms with Gasteiger partial charge in [-0.2, -0.15) is 0 Å². The molecule has 0 bridgehead atoms. The molecule has 1 N–H and O–H groups in total. The van der Waals surface area contributed by atoms with Crippen LogP contribution in [-0.2, 0) is 21.4 Å². The Hall–Kier alpha value is -2.55.